The average Bonchev–Trinajstić information content (AvgIpc) is 1.53. The molecule has 10 aromatic carbocycles. The molecule has 0 radical (unpaired) electrons. The van der Waals surface area contributed by atoms with Gasteiger partial charge in [0.15, 0.2) is 0 Å². The molecule has 6 aliphatic rings. The Morgan fingerprint density at radius 2 is 0.298 bits per heavy atom. The molecular formula is C94H92. The number of hydrogen-bond donors (Lipinski definition) is 0. The van der Waals surface area contributed by atoms with E-state index in [1.54, 1.807) is 22.3 Å². The van der Waals surface area contributed by atoms with Gasteiger partial charge in [0.05, 0.1) is 0 Å². The van der Waals surface area contributed by atoms with Crippen molar-refractivity contribution >= 4 is 44.6 Å². The molecule has 16 rings (SSSR count). The van der Waals surface area contributed by atoms with Crippen LogP contribution in [0.5, 0.6) is 0 Å². The van der Waals surface area contributed by atoms with E-state index in [4.69, 9.17) is 0 Å². The summed E-state index contributed by atoms with van der Waals surface area (Å²) in [4.78, 5) is 0. The third-order valence-electron chi connectivity index (χ3n) is 22.4. The largest absolute Gasteiger partial charge is 0.0654 e. The molecule has 468 valence electrons. The molecule has 0 saturated heterocycles. The Balaban J connectivity index is 0.000000155. The van der Waals surface area contributed by atoms with Crippen molar-refractivity contribution in [3.63, 3.8) is 0 Å². The van der Waals surface area contributed by atoms with Gasteiger partial charge in [-0.05, 0) is 182 Å². The predicted octanol–water partition coefficient (Wildman–Crippen LogP) is 27.0. The maximum absolute atomic E-state index is 2.45. The van der Waals surface area contributed by atoms with Crippen molar-refractivity contribution in [2.45, 2.75) is 156 Å². The van der Waals surface area contributed by atoms with Crippen LogP contribution >= 0.6 is 0 Å². The molecule has 6 aliphatic carbocycles. The van der Waals surface area contributed by atoms with Crippen LogP contribution in [0.15, 0.2) is 243 Å². The molecule has 0 saturated carbocycles. The van der Waals surface area contributed by atoms with Crippen LogP contribution in [0.3, 0.4) is 0 Å². The first-order valence-corrected chi connectivity index (χ1v) is 36.5. The molecule has 0 fully saturated rings. The number of allylic oxidation sites excluding steroid dienone is 4. The van der Waals surface area contributed by atoms with Gasteiger partial charge in [-0.15, -0.1) is 0 Å². The molecule has 0 N–H and O–H groups in total. The van der Waals surface area contributed by atoms with Crippen molar-refractivity contribution in [3.05, 3.63) is 309 Å². The van der Waals surface area contributed by atoms with E-state index in [1.165, 1.54) is 262 Å². The fourth-order valence-electron chi connectivity index (χ4n) is 18.4. The summed E-state index contributed by atoms with van der Waals surface area (Å²) in [6.07, 6.45) is 25.1. The molecule has 0 spiro atoms. The van der Waals surface area contributed by atoms with Crippen molar-refractivity contribution in [1.29, 1.82) is 0 Å². The average molecular weight is 1220 g/mol. The topological polar surface area (TPSA) is 0 Å². The third kappa shape index (κ3) is 10.3. The highest BCUT2D eigenvalue weighted by Gasteiger charge is 2.52. The quantitative estimate of drug-likeness (QED) is 0.0667. The molecule has 0 unspecified atom stereocenters. The standard InChI is InChI=1S/2C47H46/c2*1-3-5-7-19-31-47(32-20-8-6-4-2)45(43-37-25-13-9-21-33(37)34-22-10-14-26-38(34)43)41-29-17-18-30-42(41)46(47)44-39-27-15-11-23-35(39)36-24-12-16-28-40(36)44/h2*9-18,21-30H,3-8,19-20,31-32H2,1-2H3. The molecule has 0 aliphatic heterocycles. The highest BCUT2D eigenvalue weighted by molar-refractivity contribution is 6.24. The molecule has 0 nitrogen and oxygen atoms in total. The van der Waals surface area contributed by atoms with Crippen molar-refractivity contribution < 1.29 is 0 Å². The molecule has 94 heavy (non-hydrogen) atoms. The van der Waals surface area contributed by atoms with Gasteiger partial charge in [-0.3, -0.25) is 0 Å². The maximum Gasteiger partial charge on any atom is 0.0228 e. The predicted molar refractivity (Wildman–Crippen MR) is 404 cm³/mol. The SMILES string of the molecule is CCCCCCC1(CCCCCC)C(=C2c3ccccc3-c3ccccc32)c2ccccc2C1=C1c2ccccc2-c2ccccc21.CCCCCCC1(CCCCCC)C(=C2c3ccccc3-c3ccccc32)c2ccccc2C1=C1c2ccccc2-c2ccccc21. The molecule has 0 atom stereocenters. The van der Waals surface area contributed by atoms with Gasteiger partial charge in [-0.1, -0.05) is 373 Å². The molecular weight excluding hydrogens is 1130 g/mol. The Labute approximate surface area is 562 Å². The highest BCUT2D eigenvalue weighted by atomic mass is 14.5. The van der Waals surface area contributed by atoms with Gasteiger partial charge in [-0.2, -0.15) is 0 Å². The number of hydrogen-bond acceptors (Lipinski definition) is 0. The zero-order valence-corrected chi connectivity index (χ0v) is 56.2. The van der Waals surface area contributed by atoms with E-state index < -0.39 is 0 Å². The Bertz CT molecular complexity index is 3840. The lowest BCUT2D eigenvalue weighted by molar-refractivity contribution is 0.407. The molecule has 0 aromatic heterocycles. The molecule has 10 aromatic rings. The van der Waals surface area contributed by atoms with Crippen LogP contribution in [0.4, 0.5) is 0 Å². The van der Waals surface area contributed by atoms with Crippen molar-refractivity contribution in [1.82, 2.24) is 0 Å². The van der Waals surface area contributed by atoms with Crippen LogP contribution in [-0.4, -0.2) is 0 Å². The van der Waals surface area contributed by atoms with E-state index in [-0.39, 0.29) is 10.8 Å². The minimum absolute atomic E-state index is 0.0923. The number of rotatable bonds is 20. The van der Waals surface area contributed by atoms with Gasteiger partial charge >= 0.3 is 0 Å². The lowest BCUT2D eigenvalue weighted by Crippen LogP contribution is -2.22. The summed E-state index contributed by atoms with van der Waals surface area (Å²) >= 11 is 0. The van der Waals surface area contributed by atoms with E-state index in [9.17, 15) is 0 Å². The normalized spacial score (nSPS) is 15.0. The first-order valence-electron chi connectivity index (χ1n) is 36.5. The molecule has 0 amide bonds. The van der Waals surface area contributed by atoms with Crippen LogP contribution in [0.25, 0.3) is 89.1 Å². The Kier molecular flexibility index (Phi) is 17.5. The van der Waals surface area contributed by atoms with E-state index in [0.29, 0.717) is 0 Å². The highest BCUT2D eigenvalue weighted by Crippen LogP contribution is 2.70. The van der Waals surface area contributed by atoms with E-state index in [1.807, 2.05) is 0 Å². The smallest absolute Gasteiger partial charge is 0.0228 e. The summed E-state index contributed by atoms with van der Waals surface area (Å²) in [5, 5.41) is 0. The molecule has 0 heteroatoms. The summed E-state index contributed by atoms with van der Waals surface area (Å²) in [5.74, 6) is 0. The van der Waals surface area contributed by atoms with Crippen LogP contribution in [-0.2, 0) is 0 Å². The van der Waals surface area contributed by atoms with Gasteiger partial charge in [-0.25, -0.2) is 0 Å². The molecule has 0 heterocycles. The first kappa shape index (κ1) is 61.3. The summed E-state index contributed by atoms with van der Waals surface area (Å²) in [6, 6.07) is 92.6. The fourth-order valence-corrected chi connectivity index (χ4v) is 18.4. The van der Waals surface area contributed by atoms with Crippen LogP contribution in [0.1, 0.15) is 223 Å². The van der Waals surface area contributed by atoms with Crippen LogP contribution in [0, 0.1) is 10.8 Å². The van der Waals surface area contributed by atoms with E-state index in [0.717, 1.165) is 0 Å². The Morgan fingerprint density at radius 3 is 0.447 bits per heavy atom. The van der Waals surface area contributed by atoms with Gasteiger partial charge in [0.25, 0.3) is 0 Å². The van der Waals surface area contributed by atoms with Gasteiger partial charge in [0.1, 0.15) is 0 Å². The van der Waals surface area contributed by atoms with Gasteiger partial charge in [0.2, 0.25) is 0 Å². The second kappa shape index (κ2) is 26.9. The zero-order valence-electron chi connectivity index (χ0n) is 56.2. The minimum atomic E-state index is -0.0923. The van der Waals surface area contributed by atoms with Gasteiger partial charge < -0.3 is 0 Å². The van der Waals surface area contributed by atoms with Crippen LogP contribution < -0.4 is 0 Å². The number of fused-ring (bicyclic) bond motifs is 14. The summed E-state index contributed by atoms with van der Waals surface area (Å²) < 4.78 is 0. The lowest BCUT2D eigenvalue weighted by atomic mass is 9.66. The summed E-state index contributed by atoms with van der Waals surface area (Å²) in [5.41, 5.74) is 40.2. The van der Waals surface area contributed by atoms with E-state index in [2.05, 4.69) is 270 Å². The zero-order chi connectivity index (χ0) is 63.6. The minimum Gasteiger partial charge on any atom is -0.0654 e. The second-order valence-electron chi connectivity index (χ2n) is 27.9. The summed E-state index contributed by atoms with van der Waals surface area (Å²) in [6.45, 7) is 9.36. The lowest BCUT2D eigenvalue weighted by Gasteiger charge is -2.37. The first-order chi connectivity index (χ1) is 46.6. The number of unbranched alkanes of at least 4 members (excludes halogenated alkanes) is 12. The van der Waals surface area contributed by atoms with Crippen molar-refractivity contribution in [2.75, 3.05) is 0 Å². The maximum atomic E-state index is 2.45. The van der Waals surface area contributed by atoms with Crippen molar-refractivity contribution in [2.24, 2.45) is 10.8 Å². The number of benzene rings is 10. The second-order valence-corrected chi connectivity index (χ2v) is 27.9. The van der Waals surface area contributed by atoms with E-state index >= 15 is 0 Å². The monoisotopic (exact) mass is 1220 g/mol. The third-order valence-corrected chi connectivity index (χ3v) is 22.4. The van der Waals surface area contributed by atoms with Crippen LogP contribution in [0.2, 0.25) is 0 Å². The fraction of sp³-hybridized carbons (Fsp3) is 0.277. The molecule has 0 bridgehead atoms. The van der Waals surface area contributed by atoms with Crippen molar-refractivity contribution in [3.8, 4) is 44.5 Å². The Hall–Kier alpha value is -8.84. The summed E-state index contributed by atoms with van der Waals surface area (Å²) in [7, 11) is 0. The Morgan fingerprint density at radius 1 is 0.160 bits per heavy atom. The van der Waals surface area contributed by atoms with Gasteiger partial charge in [0, 0.05) is 10.8 Å².